The molecule has 0 bridgehead atoms. The van der Waals surface area contributed by atoms with Crippen molar-refractivity contribution < 1.29 is 26.3 Å². The number of ether oxygens (including phenoxy) is 1. The second kappa shape index (κ2) is 14.8. The smallest absolute Gasteiger partial charge is 0.406 e. The minimum atomic E-state index is -4.84. The lowest BCUT2D eigenvalue weighted by Crippen LogP contribution is -2.47. The fourth-order valence-corrected chi connectivity index (χ4v) is 7.32. The minimum absolute atomic E-state index is 0. The highest BCUT2D eigenvalue weighted by Crippen LogP contribution is 2.31. The van der Waals surface area contributed by atoms with Crippen LogP contribution in [-0.2, 0) is 10.0 Å². The van der Waals surface area contributed by atoms with Gasteiger partial charge in [-0.05, 0) is 86.1 Å². The van der Waals surface area contributed by atoms with E-state index in [0.717, 1.165) is 99.4 Å². The van der Waals surface area contributed by atoms with Crippen molar-refractivity contribution in [2.45, 2.75) is 44.4 Å². The van der Waals surface area contributed by atoms with Crippen LogP contribution < -0.4 is 24.6 Å². The summed E-state index contributed by atoms with van der Waals surface area (Å²) in [6.07, 6.45) is -1.24. The van der Waals surface area contributed by atoms with Gasteiger partial charge >= 0.3 is 6.36 Å². The molecule has 0 atom stereocenters. The van der Waals surface area contributed by atoms with E-state index >= 15 is 0 Å². The van der Waals surface area contributed by atoms with Gasteiger partial charge in [-0.15, -0.1) is 13.2 Å². The van der Waals surface area contributed by atoms with E-state index in [9.17, 15) is 21.6 Å². The summed E-state index contributed by atoms with van der Waals surface area (Å²) < 4.78 is 69.0. The van der Waals surface area contributed by atoms with Crippen molar-refractivity contribution in [2.75, 3.05) is 54.4 Å². The van der Waals surface area contributed by atoms with Crippen LogP contribution in [0.2, 0.25) is 0 Å². The number of para-hydroxylation sites is 2. The van der Waals surface area contributed by atoms with Crippen molar-refractivity contribution in [2.24, 2.45) is 11.8 Å². The van der Waals surface area contributed by atoms with Crippen LogP contribution in [0.15, 0.2) is 83.8 Å². The molecular formula is C34H41F3N6O3S. The summed E-state index contributed by atoms with van der Waals surface area (Å²) in [5, 5.41) is 4.52. The van der Waals surface area contributed by atoms with E-state index in [0.29, 0.717) is 11.9 Å². The molecule has 1 aliphatic heterocycles. The topological polar surface area (TPSA) is 99.7 Å². The predicted molar refractivity (Wildman–Crippen MR) is 179 cm³/mol. The Morgan fingerprint density at radius 3 is 2.02 bits per heavy atom. The highest BCUT2D eigenvalue weighted by atomic mass is 32.2. The lowest BCUT2D eigenvalue weighted by Gasteiger charge is -2.37. The fourth-order valence-electron chi connectivity index (χ4n) is 6.20. The molecule has 9 nitrogen and oxygen atoms in total. The average molecular weight is 671 g/mol. The zero-order chi connectivity index (χ0) is 32.1. The van der Waals surface area contributed by atoms with Gasteiger partial charge in [-0.3, -0.25) is 0 Å². The average Bonchev–Trinajstić information content (AvgIpc) is 3.06. The third-order valence-corrected chi connectivity index (χ3v) is 10.2. The van der Waals surface area contributed by atoms with Crippen molar-refractivity contribution in [3.05, 3.63) is 78.9 Å². The number of hydrogen-bond acceptors (Lipinski definition) is 8. The maximum atomic E-state index is 12.7. The summed E-state index contributed by atoms with van der Waals surface area (Å²) in [7, 11) is -3.85. The first-order valence-electron chi connectivity index (χ1n) is 15.5. The van der Waals surface area contributed by atoms with Crippen molar-refractivity contribution in [3.63, 3.8) is 0 Å². The normalized spacial score (nSPS) is 18.9. The zero-order valence-electron chi connectivity index (χ0n) is 25.3. The van der Waals surface area contributed by atoms with Crippen LogP contribution >= 0.6 is 0 Å². The lowest BCUT2D eigenvalue weighted by atomic mass is 9.82. The molecule has 1 aromatic heterocycles. The molecule has 6 rings (SSSR count). The minimum Gasteiger partial charge on any atom is -0.406 e. The van der Waals surface area contributed by atoms with Gasteiger partial charge in [0.2, 0.25) is 16.0 Å². The molecular weight excluding hydrogens is 629 g/mol. The number of aromatic nitrogens is 2. The van der Waals surface area contributed by atoms with Crippen LogP contribution in [0.4, 0.5) is 30.6 Å². The first-order valence-corrected chi connectivity index (χ1v) is 17.0. The molecule has 4 aromatic rings. The largest absolute Gasteiger partial charge is 0.573 e. The summed E-state index contributed by atoms with van der Waals surface area (Å²) in [5.74, 6) is 1.67. The second-order valence-electron chi connectivity index (χ2n) is 11.8. The molecule has 0 spiro atoms. The summed E-state index contributed by atoms with van der Waals surface area (Å²) in [5.41, 5.74) is 2.14. The summed E-state index contributed by atoms with van der Waals surface area (Å²) in [6, 6.07) is 22.8. The van der Waals surface area contributed by atoms with Crippen molar-refractivity contribution in [1.29, 1.82) is 0 Å². The van der Waals surface area contributed by atoms with Crippen molar-refractivity contribution in [1.82, 2.24) is 14.7 Å². The molecule has 1 aliphatic carbocycles. The van der Waals surface area contributed by atoms with Crippen LogP contribution in [0.3, 0.4) is 0 Å². The van der Waals surface area contributed by atoms with E-state index in [1.807, 2.05) is 24.3 Å². The Labute approximate surface area is 274 Å². The first kappa shape index (κ1) is 34.2. The van der Waals surface area contributed by atoms with E-state index < -0.39 is 22.1 Å². The Balaban J connectivity index is 0.00000433. The molecule has 47 heavy (non-hydrogen) atoms. The van der Waals surface area contributed by atoms with Gasteiger partial charge in [0.05, 0.1) is 10.4 Å². The standard InChI is InChI=1S/C33H37F3N6O3S.CH4/c34-33(35,36)45-27-14-16-28(17-15-27)46(43,44)38-23-25-12-10-24(11-13-25)22-37-32-39-30-9-5-4-8-29(30)31(40-32)42-20-18-41(19-21-42)26-6-2-1-3-7-26;/h1-9,14-17,24-25,38H,10-13,18-23H2,(H,37,39,40);1H4. The molecule has 2 heterocycles. The SMILES string of the molecule is C.O=S(=O)(NCC1CCC(CNc2nc(N3CCN(c4ccccc4)CC3)c3ccccc3n2)CC1)c1ccc(OC(F)(F)F)cc1. The molecule has 2 N–H and O–H groups in total. The second-order valence-corrected chi connectivity index (χ2v) is 13.6. The van der Waals surface area contributed by atoms with Gasteiger partial charge < -0.3 is 19.9 Å². The molecule has 0 radical (unpaired) electrons. The number of nitrogens with zero attached hydrogens (tertiary/aromatic N) is 4. The Bertz CT molecular complexity index is 1710. The van der Waals surface area contributed by atoms with Gasteiger partial charge in [0.25, 0.3) is 0 Å². The molecule has 2 aliphatic rings. The molecule has 1 saturated heterocycles. The number of fused-ring (bicyclic) bond motifs is 1. The number of sulfonamides is 1. The third-order valence-electron chi connectivity index (χ3n) is 8.73. The Morgan fingerprint density at radius 1 is 0.766 bits per heavy atom. The quantitative estimate of drug-likeness (QED) is 0.193. The summed E-state index contributed by atoms with van der Waals surface area (Å²) >= 11 is 0. The highest BCUT2D eigenvalue weighted by Gasteiger charge is 2.31. The molecule has 13 heteroatoms. The van der Waals surface area contributed by atoms with Crippen molar-refractivity contribution in [3.8, 4) is 5.75 Å². The number of piperazine rings is 1. The van der Waals surface area contributed by atoms with Gasteiger partial charge in [-0.25, -0.2) is 18.1 Å². The number of alkyl halides is 3. The zero-order valence-corrected chi connectivity index (χ0v) is 26.1. The van der Waals surface area contributed by atoms with Gasteiger partial charge in [0.1, 0.15) is 11.6 Å². The number of nitrogens with one attached hydrogen (secondary N) is 2. The summed E-state index contributed by atoms with van der Waals surface area (Å²) in [6.45, 7) is 4.55. The summed E-state index contributed by atoms with van der Waals surface area (Å²) in [4.78, 5) is 14.4. The van der Waals surface area contributed by atoms with Gasteiger partial charge in [-0.1, -0.05) is 37.8 Å². The number of anilines is 3. The lowest BCUT2D eigenvalue weighted by molar-refractivity contribution is -0.274. The number of benzene rings is 3. The third kappa shape index (κ3) is 8.83. The van der Waals surface area contributed by atoms with E-state index in [1.54, 1.807) is 0 Å². The maximum Gasteiger partial charge on any atom is 0.573 e. The fraction of sp³-hybridized carbons (Fsp3) is 0.412. The highest BCUT2D eigenvalue weighted by molar-refractivity contribution is 7.89. The number of halogens is 3. The first-order chi connectivity index (χ1) is 22.1. The molecule has 1 saturated carbocycles. The molecule has 252 valence electrons. The van der Waals surface area contributed by atoms with E-state index in [-0.39, 0.29) is 24.8 Å². The van der Waals surface area contributed by atoms with Gasteiger partial charge in [-0.2, -0.15) is 4.98 Å². The monoisotopic (exact) mass is 670 g/mol. The Hall–Kier alpha value is -4.10. The van der Waals surface area contributed by atoms with E-state index in [1.165, 1.54) is 5.69 Å². The van der Waals surface area contributed by atoms with E-state index in [4.69, 9.17) is 9.97 Å². The number of hydrogen-bond donors (Lipinski definition) is 2. The van der Waals surface area contributed by atoms with Crippen LogP contribution in [0.5, 0.6) is 5.75 Å². The van der Waals surface area contributed by atoms with Crippen LogP contribution in [0.1, 0.15) is 33.1 Å². The molecule has 0 unspecified atom stereocenters. The van der Waals surface area contributed by atoms with E-state index in [2.05, 4.69) is 54.9 Å². The Morgan fingerprint density at radius 2 is 1.36 bits per heavy atom. The van der Waals surface area contributed by atoms with Crippen LogP contribution in [0.25, 0.3) is 10.9 Å². The maximum absolute atomic E-state index is 12.7. The van der Waals surface area contributed by atoms with Crippen molar-refractivity contribution >= 4 is 38.4 Å². The van der Waals surface area contributed by atoms with Crippen LogP contribution in [0, 0.1) is 11.8 Å². The van der Waals surface area contributed by atoms with Gasteiger partial charge in [0.15, 0.2) is 0 Å². The molecule has 3 aromatic carbocycles. The van der Waals surface area contributed by atoms with Gasteiger partial charge in [0, 0.05) is 50.3 Å². The molecule has 0 amide bonds. The predicted octanol–water partition coefficient (Wildman–Crippen LogP) is 6.69. The number of rotatable bonds is 10. The Kier molecular flexibility index (Phi) is 10.8. The van der Waals surface area contributed by atoms with Crippen LogP contribution in [-0.4, -0.2) is 64.0 Å². The molecule has 2 fully saturated rings.